The van der Waals surface area contributed by atoms with Crippen LogP contribution in [-0.2, 0) is 9.39 Å². The molecule has 1 aromatic heterocycles. The zero-order chi connectivity index (χ0) is 17.1. The molecule has 122 valence electrons. The minimum Gasteiger partial charge on any atom is -0.461 e. The van der Waals surface area contributed by atoms with Gasteiger partial charge in [-0.15, -0.1) is 0 Å². The maximum atomic E-state index is 11.7. The second-order valence-corrected chi connectivity index (χ2v) is 6.26. The summed E-state index contributed by atoms with van der Waals surface area (Å²) in [6.45, 7) is 8.31. The second-order valence-electron chi connectivity index (χ2n) is 5.87. The molecule has 8 heteroatoms. The van der Waals surface area contributed by atoms with Crippen LogP contribution in [0.4, 0.5) is 0 Å². The van der Waals surface area contributed by atoms with E-state index in [0.29, 0.717) is 0 Å². The number of aromatic nitrogens is 1. The van der Waals surface area contributed by atoms with Crippen LogP contribution in [0.3, 0.4) is 0 Å². The lowest BCUT2D eigenvalue weighted by atomic mass is 9.76. The van der Waals surface area contributed by atoms with E-state index in [-0.39, 0.29) is 22.9 Å². The molecule has 1 heterocycles. The third-order valence-electron chi connectivity index (χ3n) is 3.47. The van der Waals surface area contributed by atoms with Crippen molar-refractivity contribution < 1.29 is 24.3 Å². The minimum absolute atomic E-state index is 0.0203. The average molecular weight is 330 g/mol. The number of ether oxygens (including phenoxy) is 1. The molecule has 0 saturated carbocycles. The third kappa shape index (κ3) is 4.68. The van der Waals surface area contributed by atoms with E-state index in [9.17, 15) is 14.9 Å². The Morgan fingerprint density at radius 1 is 1.36 bits per heavy atom. The predicted octanol–water partition coefficient (Wildman–Crippen LogP) is 1.17. The SMILES string of the molecule is CCOC(=O)c1cc(B(O)OC(C)(C)C(C)(C)O)cc(Cl)n1. The van der Waals surface area contributed by atoms with Crippen molar-refractivity contribution in [2.45, 2.75) is 45.8 Å². The summed E-state index contributed by atoms with van der Waals surface area (Å²) in [7, 11) is -1.38. The number of halogens is 1. The molecule has 0 bridgehead atoms. The molecule has 0 fully saturated rings. The fraction of sp³-hybridized carbons (Fsp3) is 0.571. The van der Waals surface area contributed by atoms with Crippen molar-refractivity contribution in [2.75, 3.05) is 6.61 Å². The fourth-order valence-electron chi connectivity index (χ4n) is 1.46. The molecule has 0 aliphatic heterocycles. The average Bonchev–Trinajstić information content (AvgIpc) is 2.36. The van der Waals surface area contributed by atoms with Crippen LogP contribution < -0.4 is 5.46 Å². The van der Waals surface area contributed by atoms with Crippen molar-refractivity contribution in [1.29, 1.82) is 0 Å². The molecule has 0 spiro atoms. The van der Waals surface area contributed by atoms with Crippen molar-refractivity contribution in [3.8, 4) is 0 Å². The lowest BCUT2D eigenvalue weighted by Gasteiger charge is -2.38. The summed E-state index contributed by atoms with van der Waals surface area (Å²) in [4.78, 5) is 15.6. The van der Waals surface area contributed by atoms with Crippen LogP contribution in [0.5, 0.6) is 0 Å². The highest BCUT2D eigenvalue weighted by molar-refractivity contribution is 6.60. The summed E-state index contributed by atoms with van der Waals surface area (Å²) < 4.78 is 10.4. The van der Waals surface area contributed by atoms with Crippen molar-refractivity contribution in [2.24, 2.45) is 0 Å². The Labute approximate surface area is 135 Å². The standard InChI is InChI=1S/C14H21BClNO5/c1-6-21-12(18)10-7-9(8-11(16)17-10)15(20)22-14(4,5)13(2,3)19/h7-8,19-20H,6H2,1-5H3. The van der Waals surface area contributed by atoms with Crippen LogP contribution >= 0.6 is 11.6 Å². The molecule has 1 rings (SSSR count). The Bertz CT molecular complexity index is 545. The van der Waals surface area contributed by atoms with Gasteiger partial charge in [0.15, 0.2) is 0 Å². The summed E-state index contributed by atoms with van der Waals surface area (Å²) in [5.41, 5.74) is -1.99. The van der Waals surface area contributed by atoms with E-state index < -0.39 is 24.3 Å². The molecular formula is C14H21BClNO5. The van der Waals surface area contributed by atoms with E-state index in [0.717, 1.165) is 0 Å². The highest BCUT2D eigenvalue weighted by atomic mass is 35.5. The van der Waals surface area contributed by atoms with Gasteiger partial charge in [0.05, 0.1) is 17.8 Å². The maximum Gasteiger partial charge on any atom is 0.491 e. The second kappa shape index (κ2) is 6.96. The number of aliphatic hydroxyl groups is 1. The summed E-state index contributed by atoms with van der Waals surface area (Å²) in [6, 6.07) is 2.73. The number of carbonyl (C=O) groups excluding carboxylic acids is 1. The lowest BCUT2D eigenvalue weighted by Crippen LogP contribution is -2.53. The zero-order valence-corrected chi connectivity index (χ0v) is 14.1. The smallest absolute Gasteiger partial charge is 0.461 e. The Balaban J connectivity index is 3.04. The molecule has 0 aliphatic carbocycles. The summed E-state index contributed by atoms with van der Waals surface area (Å²) >= 11 is 5.86. The molecule has 0 radical (unpaired) electrons. The van der Waals surface area contributed by atoms with Gasteiger partial charge in [0.1, 0.15) is 10.8 Å². The fourth-order valence-corrected chi connectivity index (χ4v) is 1.68. The van der Waals surface area contributed by atoms with E-state index >= 15 is 0 Å². The molecule has 22 heavy (non-hydrogen) atoms. The van der Waals surface area contributed by atoms with Gasteiger partial charge in [-0.2, -0.15) is 0 Å². The Hall–Kier alpha value is -1.15. The van der Waals surface area contributed by atoms with Crippen LogP contribution in [0.1, 0.15) is 45.1 Å². The largest absolute Gasteiger partial charge is 0.491 e. The van der Waals surface area contributed by atoms with Gasteiger partial charge < -0.3 is 19.5 Å². The van der Waals surface area contributed by atoms with Crippen molar-refractivity contribution in [3.05, 3.63) is 23.0 Å². The number of hydrogen-bond donors (Lipinski definition) is 2. The molecule has 0 saturated heterocycles. The molecule has 1 aromatic rings. The van der Waals surface area contributed by atoms with Crippen molar-refractivity contribution in [1.82, 2.24) is 4.98 Å². The molecule has 0 aliphatic rings. The van der Waals surface area contributed by atoms with Crippen LogP contribution in [0.15, 0.2) is 12.1 Å². The first-order valence-electron chi connectivity index (χ1n) is 6.91. The molecule has 0 amide bonds. The molecule has 0 unspecified atom stereocenters. The van der Waals surface area contributed by atoms with Gasteiger partial charge in [0.25, 0.3) is 0 Å². The number of carbonyl (C=O) groups is 1. The van der Waals surface area contributed by atoms with Gasteiger partial charge in [0, 0.05) is 0 Å². The number of nitrogens with zero attached hydrogens (tertiary/aromatic N) is 1. The number of pyridine rings is 1. The van der Waals surface area contributed by atoms with E-state index in [2.05, 4.69) is 4.98 Å². The summed E-state index contributed by atoms with van der Waals surface area (Å²) in [5, 5.41) is 20.3. The zero-order valence-electron chi connectivity index (χ0n) is 13.4. The lowest BCUT2D eigenvalue weighted by molar-refractivity contribution is -0.0982. The minimum atomic E-state index is -1.38. The van der Waals surface area contributed by atoms with E-state index in [1.54, 1.807) is 34.6 Å². The monoisotopic (exact) mass is 329 g/mol. The van der Waals surface area contributed by atoms with Gasteiger partial charge in [-0.25, -0.2) is 9.78 Å². The first kappa shape index (κ1) is 18.9. The van der Waals surface area contributed by atoms with Crippen molar-refractivity contribution >= 4 is 30.2 Å². The number of esters is 1. The maximum absolute atomic E-state index is 11.7. The third-order valence-corrected chi connectivity index (χ3v) is 3.66. The highest BCUT2D eigenvalue weighted by Gasteiger charge is 2.39. The normalized spacial score (nSPS) is 12.2. The Morgan fingerprint density at radius 2 is 1.95 bits per heavy atom. The van der Waals surface area contributed by atoms with Crippen molar-refractivity contribution in [3.63, 3.8) is 0 Å². The summed E-state index contributed by atoms with van der Waals surface area (Å²) in [5.74, 6) is -0.639. The quantitative estimate of drug-likeness (QED) is 0.462. The number of rotatable bonds is 6. The number of hydrogen-bond acceptors (Lipinski definition) is 6. The van der Waals surface area contributed by atoms with Gasteiger partial charge in [-0.05, 0) is 52.2 Å². The molecule has 0 aromatic carbocycles. The highest BCUT2D eigenvalue weighted by Crippen LogP contribution is 2.25. The molecule has 0 atom stereocenters. The van der Waals surface area contributed by atoms with Crippen LogP contribution in [0.2, 0.25) is 5.15 Å². The molecule has 6 nitrogen and oxygen atoms in total. The van der Waals surface area contributed by atoms with Gasteiger partial charge >= 0.3 is 13.1 Å². The van der Waals surface area contributed by atoms with Gasteiger partial charge in [-0.3, -0.25) is 0 Å². The molecule has 2 N–H and O–H groups in total. The predicted molar refractivity (Wildman–Crippen MR) is 84.3 cm³/mol. The van der Waals surface area contributed by atoms with Gasteiger partial charge in [-0.1, -0.05) is 11.6 Å². The Morgan fingerprint density at radius 3 is 2.45 bits per heavy atom. The van der Waals surface area contributed by atoms with Gasteiger partial charge in [0.2, 0.25) is 0 Å². The van der Waals surface area contributed by atoms with E-state index in [1.165, 1.54) is 12.1 Å². The van der Waals surface area contributed by atoms with Crippen LogP contribution in [0, 0.1) is 0 Å². The van der Waals surface area contributed by atoms with Crippen LogP contribution in [0.25, 0.3) is 0 Å². The first-order valence-corrected chi connectivity index (χ1v) is 7.28. The van der Waals surface area contributed by atoms with E-state index in [1.807, 2.05) is 0 Å². The topological polar surface area (TPSA) is 88.9 Å². The Kier molecular flexibility index (Phi) is 5.98. The van der Waals surface area contributed by atoms with Crippen LogP contribution in [-0.4, -0.2) is 46.0 Å². The summed E-state index contributed by atoms with van der Waals surface area (Å²) in [6.07, 6.45) is 0. The molecular weight excluding hydrogens is 308 g/mol. The van der Waals surface area contributed by atoms with E-state index in [4.69, 9.17) is 21.0 Å². The first-order chi connectivity index (χ1) is 9.98.